The maximum atomic E-state index is 12.0. The predicted octanol–water partition coefficient (Wildman–Crippen LogP) is -3.14. The molecule has 0 saturated carbocycles. The molecule has 0 aliphatic carbocycles. The first-order valence-electron chi connectivity index (χ1n) is 4.63. The van der Waals surface area contributed by atoms with Gasteiger partial charge in [0.15, 0.2) is 5.28 Å². The number of nitrogens with zero attached hydrogens (tertiary/aromatic N) is 4. The molecule has 11 heteroatoms. The predicted molar refractivity (Wildman–Crippen MR) is 57.7 cm³/mol. The van der Waals surface area contributed by atoms with E-state index in [9.17, 15) is 14.8 Å². The van der Waals surface area contributed by atoms with Crippen LogP contribution in [0.3, 0.4) is 0 Å². The van der Waals surface area contributed by atoms with Gasteiger partial charge in [0.1, 0.15) is 18.2 Å². The van der Waals surface area contributed by atoms with Gasteiger partial charge in [-0.15, -0.1) is 0 Å². The summed E-state index contributed by atoms with van der Waals surface area (Å²) < 4.78 is 0. The largest absolute Gasteiger partial charge is 0.597 e. The standard InChI is InChI=1S/C7H11N7O4/c8-3(1-14(18)13-17)4(15)7(6(10)16)5(9)11-2-12-7/h2-3,17H,1,8H2,(H2,10,16)(H2,9,11,12)/b14-13-/t3-,7?/m0/s1. The molecule has 1 unspecified atom stereocenters. The van der Waals surface area contributed by atoms with Gasteiger partial charge >= 0.3 is 0 Å². The first-order valence-corrected chi connectivity index (χ1v) is 4.63. The quantitative estimate of drug-likeness (QED) is 0.173. The van der Waals surface area contributed by atoms with Crippen LogP contribution in [0.2, 0.25) is 0 Å². The van der Waals surface area contributed by atoms with Gasteiger partial charge in [0.2, 0.25) is 12.3 Å². The first kappa shape index (κ1) is 13.5. The normalized spacial score (nSPS) is 24.7. The molecule has 7 N–H and O–H groups in total. The molecular formula is C7H11N7O4. The number of carbonyl (C=O) groups excluding carboxylic acids is 2. The Morgan fingerprint density at radius 3 is 2.67 bits per heavy atom. The molecule has 1 aliphatic rings. The minimum Gasteiger partial charge on any atom is -0.597 e. The number of hydrogen-bond donors (Lipinski definition) is 4. The van der Waals surface area contributed by atoms with E-state index in [1.165, 1.54) is 0 Å². The molecule has 0 bridgehead atoms. The van der Waals surface area contributed by atoms with Crippen LogP contribution >= 0.6 is 0 Å². The summed E-state index contributed by atoms with van der Waals surface area (Å²) in [6.45, 7) is -0.687. The number of carbonyl (C=O) groups is 2. The monoisotopic (exact) mass is 257 g/mol. The number of aliphatic imine (C=N–C) groups is 2. The number of hydroxylamine groups is 1. The van der Waals surface area contributed by atoms with Crippen molar-refractivity contribution in [3.05, 3.63) is 5.21 Å². The van der Waals surface area contributed by atoms with Gasteiger partial charge in [-0.2, -0.15) is 0 Å². The molecule has 0 saturated heterocycles. The van der Waals surface area contributed by atoms with E-state index in [1.807, 2.05) is 0 Å². The van der Waals surface area contributed by atoms with Crippen LogP contribution in [0.15, 0.2) is 15.3 Å². The maximum Gasteiger partial charge on any atom is 0.261 e. The van der Waals surface area contributed by atoms with Crippen LogP contribution in [0.1, 0.15) is 0 Å². The highest BCUT2D eigenvalue weighted by Crippen LogP contribution is 2.18. The minimum atomic E-state index is -2.20. The molecule has 1 aliphatic heterocycles. The van der Waals surface area contributed by atoms with Gasteiger partial charge in [0.25, 0.3) is 11.4 Å². The van der Waals surface area contributed by atoms with Gasteiger partial charge in [0, 0.05) is 0 Å². The SMILES string of the molecule is NC(=O)C1(C(=O)[C@@H](N)C/[N+]([O-])=N/O)N=CN=C1N. The Bertz CT molecular complexity index is 470. The fourth-order valence-electron chi connectivity index (χ4n) is 1.39. The van der Waals surface area contributed by atoms with Gasteiger partial charge < -0.3 is 27.6 Å². The Hall–Kier alpha value is -2.56. The average Bonchev–Trinajstić information content (AvgIpc) is 2.70. The molecule has 0 radical (unpaired) electrons. The van der Waals surface area contributed by atoms with Crippen molar-refractivity contribution in [3.63, 3.8) is 0 Å². The third-order valence-electron chi connectivity index (χ3n) is 2.32. The fraction of sp³-hybridized carbons (Fsp3) is 0.429. The Morgan fingerprint density at radius 1 is 1.67 bits per heavy atom. The lowest BCUT2D eigenvalue weighted by molar-refractivity contribution is -0.555. The third kappa shape index (κ3) is 1.98. The molecule has 11 nitrogen and oxygen atoms in total. The Labute approximate surface area is 100 Å². The molecule has 1 amide bonds. The van der Waals surface area contributed by atoms with Crippen LogP contribution in [0.4, 0.5) is 0 Å². The topological polar surface area (TPSA) is 196 Å². The summed E-state index contributed by atoms with van der Waals surface area (Å²) in [5.41, 5.74) is 13.7. The maximum absolute atomic E-state index is 12.0. The van der Waals surface area contributed by atoms with Crippen LogP contribution in [0, 0.1) is 5.21 Å². The van der Waals surface area contributed by atoms with Crippen molar-refractivity contribution in [1.29, 1.82) is 0 Å². The van der Waals surface area contributed by atoms with E-state index < -0.39 is 35.7 Å². The molecular weight excluding hydrogens is 246 g/mol. The average molecular weight is 257 g/mol. The Balaban J connectivity index is 3.04. The lowest BCUT2D eigenvalue weighted by atomic mass is 9.88. The second kappa shape index (κ2) is 4.75. The first-order chi connectivity index (χ1) is 8.36. The molecule has 0 spiro atoms. The zero-order chi connectivity index (χ0) is 13.9. The van der Waals surface area contributed by atoms with Gasteiger partial charge in [-0.1, -0.05) is 4.86 Å². The minimum absolute atomic E-state index is 0.233. The van der Waals surface area contributed by atoms with Crippen LogP contribution in [-0.2, 0) is 9.59 Å². The third-order valence-corrected chi connectivity index (χ3v) is 2.32. The van der Waals surface area contributed by atoms with Crippen molar-refractivity contribution in [2.75, 3.05) is 6.54 Å². The summed E-state index contributed by atoms with van der Waals surface area (Å²) in [6, 6.07) is -1.48. The summed E-state index contributed by atoms with van der Waals surface area (Å²) >= 11 is 0. The molecule has 1 rings (SSSR count). The van der Waals surface area contributed by atoms with Gasteiger partial charge in [-0.05, 0) is 0 Å². The fourth-order valence-corrected chi connectivity index (χ4v) is 1.39. The highest BCUT2D eigenvalue weighted by atomic mass is 16.6. The Kier molecular flexibility index (Phi) is 3.56. The summed E-state index contributed by atoms with van der Waals surface area (Å²) in [4.78, 5) is 30.1. The molecule has 98 valence electrons. The van der Waals surface area contributed by atoms with Crippen LogP contribution < -0.4 is 17.2 Å². The number of hydrogen-bond acceptors (Lipinski definition) is 8. The summed E-state index contributed by atoms with van der Waals surface area (Å²) in [7, 11) is 0. The van der Waals surface area contributed by atoms with E-state index in [2.05, 4.69) is 15.3 Å². The van der Waals surface area contributed by atoms with E-state index in [4.69, 9.17) is 22.4 Å². The van der Waals surface area contributed by atoms with Gasteiger partial charge in [-0.25, -0.2) is 9.98 Å². The summed E-state index contributed by atoms with van der Waals surface area (Å²) in [5, 5.41) is 21.2. The number of amidine groups is 1. The molecule has 0 aromatic carbocycles. The van der Waals surface area contributed by atoms with Gasteiger partial charge in [0.05, 0.1) is 0 Å². The zero-order valence-corrected chi connectivity index (χ0v) is 9.05. The number of rotatable bonds is 5. The zero-order valence-electron chi connectivity index (χ0n) is 9.05. The number of Topliss-reactive ketones (excluding diaryl/α,β-unsaturated/α-hetero) is 1. The number of ketones is 1. The highest BCUT2D eigenvalue weighted by molar-refractivity contribution is 6.33. The highest BCUT2D eigenvalue weighted by Gasteiger charge is 2.52. The van der Waals surface area contributed by atoms with Crippen LogP contribution in [0.25, 0.3) is 0 Å². The van der Waals surface area contributed by atoms with E-state index in [1.54, 1.807) is 0 Å². The molecule has 0 aromatic heterocycles. The van der Waals surface area contributed by atoms with Crippen LogP contribution in [0.5, 0.6) is 0 Å². The number of amides is 1. The van der Waals surface area contributed by atoms with E-state index in [0.29, 0.717) is 0 Å². The molecule has 0 aromatic rings. The van der Waals surface area contributed by atoms with Crippen molar-refractivity contribution in [3.8, 4) is 0 Å². The Morgan fingerprint density at radius 2 is 2.28 bits per heavy atom. The van der Waals surface area contributed by atoms with E-state index in [-0.39, 0.29) is 4.86 Å². The van der Waals surface area contributed by atoms with Crippen LogP contribution in [-0.4, -0.2) is 52.1 Å². The summed E-state index contributed by atoms with van der Waals surface area (Å²) in [6.07, 6.45) is 0.899. The van der Waals surface area contributed by atoms with Crippen molar-refractivity contribution >= 4 is 23.9 Å². The van der Waals surface area contributed by atoms with E-state index >= 15 is 0 Å². The van der Waals surface area contributed by atoms with Crippen molar-refractivity contribution in [2.24, 2.45) is 32.5 Å². The number of nitrogens with two attached hydrogens (primary N) is 3. The lowest BCUT2D eigenvalue weighted by Gasteiger charge is -2.22. The second-order valence-electron chi connectivity index (χ2n) is 3.43. The lowest BCUT2D eigenvalue weighted by Crippen LogP contribution is -2.62. The molecule has 1 heterocycles. The van der Waals surface area contributed by atoms with Crippen molar-refractivity contribution in [2.45, 2.75) is 11.6 Å². The number of primary amides is 1. The smallest absolute Gasteiger partial charge is 0.261 e. The van der Waals surface area contributed by atoms with Crippen molar-refractivity contribution < 1.29 is 19.7 Å². The molecule has 18 heavy (non-hydrogen) atoms. The van der Waals surface area contributed by atoms with Gasteiger partial charge in [-0.3, -0.25) is 9.59 Å². The van der Waals surface area contributed by atoms with E-state index in [0.717, 1.165) is 6.34 Å². The molecule has 2 atom stereocenters. The molecule has 0 fully saturated rings. The summed E-state index contributed by atoms with van der Waals surface area (Å²) in [5.74, 6) is -2.58. The van der Waals surface area contributed by atoms with Crippen molar-refractivity contribution in [1.82, 2.24) is 0 Å². The second-order valence-corrected chi connectivity index (χ2v) is 3.43.